The molecule has 3 heteroatoms. The predicted octanol–water partition coefficient (Wildman–Crippen LogP) is 0.501. The van der Waals surface area contributed by atoms with E-state index in [-0.39, 0.29) is 0 Å². The molecule has 2 rings (SSSR count). The molecule has 0 bridgehead atoms. The molecule has 82 valence electrons. The summed E-state index contributed by atoms with van der Waals surface area (Å²) < 4.78 is 0. The van der Waals surface area contributed by atoms with E-state index in [1.807, 2.05) is 18.2 Å². The molecule has 0 unspecified atom stereocenters. The van der Waals surface area contributed by atoms with E-state index < -0.39 is 5.60 Å². The summed E-state index contributed by atoms with van der Waals surface area (Å²) in [6.45, 7) is 3.11. The number of benzene rings is 1. The van der Waals surface area contributed by atoms with Gasteiger partial charge >= 0.3 is 0 Å². The highest BCUT2D eigenvalue weighted by Gasteiger charge is 2.30. The van der Waals surface area contributed by atoms with E-state index in [9.17, 15) is 5.11 Å². The first kappa shape index (κ1) is 10.6. The lowest BCUT2D eigenvalue weighted by Crippen LogP contribution is -2.42. The Kier molecular flexibility index (Phi) is 3.36. The van der Waals surface area contributed by atoms with E-state index in [0.29, 0.717) is 13.1 Å². The Morgan fingerprint density at radius 3 is 2.80 bits per heavy atom. The predicted molar refractivity (Wildman–Crippen MR) is 60.6 cm³/mol. The van der Waals surface area contributed by atoms with Gasteiger partial charge in [-0.1, -0.05) is 30.3 Å². The van der Waals surface area contributed by atoms with Crippen LogP contribution in [0, 0.1) is 0 Å². The van der Waals surface area contributed by atoms with Crippen LogP contribution in [-0.2, 0) is 6.54 Å². The van der Waals surface area contributed by atoms with Crippen molar-refractivity contribution < 1.29 is 5.11 Å². The van der Waals surface area contributed by atoms with E-state index >= 15 is 0 Å². The van der Waals surface area contributed by atoms with Crippen LogP contribution >= 0.6 is 0 Å². The Morgan fingerprint density at radius 2 is 2.13 bits per heavy atom. The molecule has 1 saturated heterocycles. The quantitative estimate of drug-likeness (QED) is 0.672. The maximum absolute atomic E-state index is 10.0. The zero-order valence-electron chi connectivity index (χ0n) is 8.87. The second-order valence-electron chi connectivity index (χ2n) is 4.24. The Balaban J connectivity index is 1.75. The Labute approximate surface area is 90.5 Å². The molecule has 0 saturated carbocycles. The fourth-order valence-corrected chi connectivity index (χ4v) is 1.92. The monoisotopic (exact) mass is 206 g/mol. The van der Waals surface area contributed by atoms with E-state index in [1.165, 1.54) is 5.56 Å². The molecule has 1 aliphatic heterocycles. The Morgan fingerprint density at radius 1 is 1.33 bits per heavy atom. The van der Waals surface area contributed by atoms with Crippen molar-refractivity contribution in [2.45, 2.75) is 18.6 Å². The standard InChI is InChI=1S/C12H18N2O/c15-12(6-7-13-9-12)10-14-8-11-4-2-1-3-5-11/h1-5,13-15H,6-10H2/t12-/m0/s1. The van der Waals surface area contributed by atoms with Gasteiger partial charge < -0.3 is 15.7 Å². The van der Waals surface area contributed by atoms with Crippen molar-refractivity contribution in [3.63, 3.8) is 0 Å². The van der Waals surface area contributed by atoms with Gasteiger partial charge in [-0.3, -0.25) is 0 Å². The molecule has 1 aromatic rings. The number of β-amino-alcohol motifs (C(OH)–C–C–N with tert-alkyl or cyclic N) is 1. The van der Waals surface area contributed by atoms with Crippen LogP contribution in [0.1, 0.15) is 12.0 Å². The third kappa shape index (κ3) is 3.02. The van der Waals surface area contributed by atoms with Crippen LogP contribution in [0.3, 0.4) is 0 Å². The van der Waals surface area contributed by atoms with E-state index in [1.54, 1.807) is 0 Å². The van der Waals surface area contributed by atoms with Gasteiger partial charge in [0.2, 0.25) is 0 Å². The lowest BCUT2D eigenvalue weighted by atomic mass is 10.0. The second-order valence-corrected chi connectivity index (χ2v) is 4.24. The van der Waals surface area contributed by atoms with Gasteiger partial charge in [0.15, 0.2) is 0 Å². The number of aliphatic hydroxyl groups is 1. The Hall–Kier alpha value is -0.900. The van der Waals surface area contributed by atoms with Crippen LogP contribution in [0.15, 0.2) is 30.3 Å². The first-order chi connectivity index (χ1) is 7.29. The summed E-state index contributed by atoms with van der Waals surface area (Å²) in [7, 11) is 0. The SMILES string of the molecule is O[C@@]1(CNCc2ccccc2)CCNC1. The first-order valence-corrected chi connectivity index (χ1v) is 5.46. The number of hydrogen-bond acceptors (Lipinski definition) is 3. The highest BCUT2D eigenvalue weighted by molar-refractivity contribution is 5.14. The largest absolute Gasteiger partial charge is 0.387 e. The van der Waals surface area contributed by atoms with Gasteiger partial charge in [0.05, 0.1) is 5.60 Å². The molecule has 1 atom stereocenters. The van der Waals surface area contributed by atoms with Crippen LogP contribution in [0.2, 0.25) is 0 Å². The van der Waals surface area contributed by atoms with Gasteiger partial charge in [-0.25, -0.2) is 0 Å². The highest BCUT2D eigenvalue weighted by Crippen LogP contribution is 2.12. The van der Waals surface area contributed by atoms with Crippen molar-refractivity contribution in [2.75, 3.05) is 19.6 Å². The smallest absolute Gasteiger partial charge is 0.0907 e. The summed E-state index contributed by atoms with van der Waals surface area (Å²) >= 11 is 0. The number of hydrogen-bond donors (Lipinski definition) is 3. The van der Waals surface area contributed by atoms with E-state index in [0.717, 1.165) is 19.5 Å². The fraction of sp³-hybridized carbons (Fsp3) is 0.500. The maximum Gasteiger partial charge on any atom is 0.0907 e. The number of nitrogens with one attached hydrogen (secondary N) is 2. The lowest BCUT2D eigenvalue weighted by molar-refractivity contribution is 0.0609. The summed E-state index contributed by atoms with van der Waals surface area (Å²) in [5.41, 5.74) is 0.710. The fourth-order valence-electron chi connectivity index (χ4n) is 1.92. The molecule has 0 radical (unpaired) electrons. The molecule has 0 amide bonds. The average Bonchev–Trinajstić information content (AvgIpc) is 2.67. The summed E-state index contributed by atoms with van der Waals surface area (Å²) in [6.07, 6.45) is 0.842. The molecule has 3 N–H and O–H groups in total. The third-order valence-corrected chi connectivity index (χ3v) is 2.85. The van der Waals surface area contributed by atoms with Crippen molar-refractivity contribution >= 4 is 0 Å². The first-order valence-electron chi connectivity index (χ1n) is 5.46. The van der Waals surface area contributed by atoms with Crippen LogP contribution in [0.4, 0.5) is 0 Å². The van der Waals surface area contributed by atoms with Crippen molar-refractivity contribution in [1.29, 1.82) is 0 Å². The van der Waals surface area contributed by atoms with Gasteiger partial charge in [0.1, 0.15) is 0 Å². The van der Waals surface area contributed by atoms with Crippen molar-refractivity contribution in [3.8, 4) is 0 Å². The zero-order chi connectivity index (χ0) is 10.6. The van der Waals surface area contributed by atoms with Crippen LogP contribution in [0.25, 0.3) is 0 Å². The lowest BCUT2D eigenvalue weighted by Gasteiger charge is -2.21. The van der Waals surface area contributed by atoms with Crippen molar-refractivity contribution in [2.24, 2.45) is 0 Å². The summed E-state index contributed by atoms with van der Waals surface area (Å²) in [5.74, 6) is 0. The van der Waals surface area contributed by atoms with E-state index in [4.69, 9.17) is 0 Å². The topological polar surface area (TPSA) is 44.3 Å². The molecule has 0 spiro atoms. The van der Waals surface area contributed by atoms with Gasteiger partial charge in [-0.2, -0.15) is 0 Å². The van der Waals surface area contributed by atoms with Gasteiger partial charge in [-0.15, -0.1) is 0 Å². The van der Waals surface area contributed by atoms with Gasteiger partial charge in [-0.05, 0) is 18.5 Å². The molecular formula is C12H18N2O. The van der Waals surface area contributed by atoms with Gasteiger partial charge in [0.25, 0.3) is 0 Å². The average molecular weight is 206 g/mol. The van der Waals surface area contributed by atoms with E-state index in [2.05, 4.69) is 22.8 Å². The van der Waals surface area contributed by atoms with Crippen molar-refractivity contribution in [3.05, 3.63) is 35.9 Å². The minimum absolute atomic E-state index is 0.547. The normalized spacial score (nSPS) is 25.7. The third-order valence-electron chi connectivity index (χ3n) is 2.85. The Bertz CT molecular complexity index is 294. The van der Waals surface area contributed by atoms with Crippen LogP contribution in [-0.4, -0.2) is 30.3 Å². The second kappa shape index (κ2) is 4.75. The molecule has 1 aromatic carbocycles. The molecule has 1 aliphatic rings. The van der Waals surface area contributed by atoms with Crippen LogP contribution in [0.5, 0.6) is 0 Å². The van der Waals surface area contributed by atoms with Crippen LogP contribution < -0.4 is 10.6 Å². The summed E-state index contributed by atoms with van der Waals surface area (Å²) in [4.78, 5) is 0. The molecule has 0 aromatic heterocycles. The molecule has 15 heavy (non-hydrogen) atoms. The minimum atomic E-state index is -0.547. The molecule has 1 fully saturated rings. The maximum atomic E-state index is 10.0. The molecular weight excluding hydrogens is 188 g/mol. The molecule has 3 nitrogen and oxygen atoms in total. The minimum Gasteiger partial charge on any atom is -0.387 e. The summed E-state index contributed by atoms with van der Waals surface area (Å²) in [6, 6.07) is 10.2. The van der Waals surface area contributed by atoms with Crippen molar-refractivity contribution in [1.82, 2.24) is 10.6 Å². The molecule has 0 aliphatic carbocycles. The number of rotatable bonds is 4. The zero-order valence-corrected chi connectivity index (χ0v) is 8.87. The summed E-state index contributed by atoms with van der Waals surface area (Å²) in [5, 5.41) is 16.5. The van der Waals surface area contributed by atoms with Gasteiger partial charge in [0, 0.05) is 19.6 Å². The highest BCUT2D eigenvalue weighted by atomic mass is 16.3. The molecule has 1 heterocycles.